The van der Waals surface area contributed by atoms with E-state index in [1.54, 1.807) is 6.20 Å². The Bertz CT molecular complexity index is 803. The summed E-state index contributed by atoms with van der Waals surface area (Å²) in [6.07, 6.45) is 3.59. The van der Waals surface area contributed by atoms with Crippen LogP contribution >= 0.6 is 11.3 Å². The lowest BCUT2D eigenvalue weighted by atomic mass is 10.2. The maximum atomic E-state index is 12.1. The summed E-state index contributed by atoms with van der Waals surface area (Å²) < 4.78 is 1.92. The van der Waals surface area contributed by atoms with Gasteiger partial charge in [-0.25, -0.2) is 4.98 Å². The van der Waals surface area contributed by atoms with Crippen LogP contribution in [0.3, 0.4) is 0 Å². The van der Waals surface area contributed by atoms with Gasteiger partial charge in [-0.2, -0.15) is 5.10 Å². The number of aromatic nitrogens is 3. The van der Waals surface area contributed by atoms with Crippen LogP contribution in [0.2, 0.25) is 0 Å². The fourth-order valence-electron chi connectivity index (χ4n) is 2.05. The molecule has 2 heterocycles. The number of carbonyl (C=O) groups is 1. The van der Waals surface area contributed by atoms with E-state index in [0.29, 0.717) is 10.9 Å². The van der Waals surface area contributed by atoms with Crippen molar-refractivity contribution >= 4 is 33.8 Å². The number of amides is 1. The third kappa shape index (κ3) is 2.80. The van der Waals surface area contributed by atoms with Crippen LogP contribution in [0.4, 0.5) is 5.69 Å². The van der Waals surface area contributed by atoms with Gasteiger partial charge in [-0.1, -0.05) is 0 Å². The molecule has 0 aliphatic carbocycles. The van der Waals surface area contributed by atoms with Crippen LogP contribution < -0.4 is 5.32 Å². The molecular weight excluding hydrogens is 284 g/mol. The minimum Gasteiger partial charge on any atom is -0.321 e. The summed E-state index contributed by atoms with van der Waals surface area (Å²) in [4.78, 5) is 16.8. The van der Waals surface area contributed by atoms with Crippen LogP contribution in [-0.4, -0.2) is 20.7 Å². The number of hydrogen-bond donors (Lipinski definition) is 1. The Hall–Kier alpha value is -2.21. The van der Waals surface area contributed by atoms with Gasteiger partial charge in [0.15, 0.2) is 0 Å². The summed E-state index contributed by atoms with van der Waals surface area (Å²) in [6, 6.07) is 6.04. The number of nitrogens with one attached hydrogen (secondary N) is 1. The van der Waals surface area contributed by atoms with Crippen LogP contribution in [0.5, 0.6) is 0 Å². The van der Waals surface area contributed by atoms with Crippen LogP contribution in [0.1, 0.15) is 34.6 Å². The second-order valence-electron chi connectivity index (χ2n) is 5.17. The topological polar surface area (TPSA) is 59.8 Å². The molecule has 2 aromatic heterocycles. The van der Waals surface area contributed by atoms with Crippen molar-refractivity contribution in [1.29, 1.82) is 0 Å². The second-order valence-corrected chi connectivity index (χ2v) is 6.41. The molecule has 0 aliphatic heterocycles. The summed E-state index contributed by atoms with van der Waals surface area (Å²) in [5.41, 5.74) is 1.69. The molecule has 0 aliphatic rings. The minimum absolute atomic E-state index is 0.129. The smallest absolute Gasteiger partial charge is 0.267 e. The van der Waals surface area contributed by atoms with Crippen molar-refractivity contribution in [2.45, 2.75) is 26.8 Å². The first-order chi connectivity index (χ1) is 10.0. The first-order valence-corrected chi connectivity index (χ1v) is 7.57. The van der Waals surface area contributed by atoms with Gasteiger partial charge in [0, 0.05) is 23.3 Å². The third-order valence-corrected chi connectivity index (χ3v) is 4.07. The number of fused-ring (bicyclic) bond motifs is 1. The summed E-state index contributed by atoms with van der Waals surface area (Å²) in [5.74, 6) is -0.129. The molecule has 0 bridgehead atoms. The van der Waals surface area contributed by atoms with Crippen molar-refractivity contribution in [3.8, 4) is 0 Å². The fraction of sp³-hybridized carbons (Fsp3) is 0.267. The zero-order valence-electron chi connectivity index (χ0n) is 12.1. The van der Waals surface area contributed by atoms with Gasteiger partial charge in [-0.05, 0) is 39.0 Å². The number of nitrogens with zero attached hydrogens (tertiary/aromatic N) is 3. The SMILES string of the molecule is Cc1ncc(C(=O)Nc2ccc3nn(C(C)C)cc3c2)s1. The second kappa shape index (κ2) is 5.29. The molecule has 3 rings (SSSR count). The Morgan fingerprint density at radius 1 is 1.38 bits per heavy atom. The van der Waals surface area contributed by atoms with Gasteiger partial charge in [0.25, 0.3) is 5.91 Å². The third-order valence-electron chi connectivity index (χ3n) is 3.15. The normalized spacial score (nSPS) is 11.2. The highest BCUT2D eigenvalue weighted by atomic mass is 32.1. The molecule has 21 heavy (non-hydrogen) atoms. The molecule has 0 saturated carbocycles. The van der Waals surface area contributed by atoms with E-state index in [1.165, 1.54) is 11.3 Å². The molecule has 6 heteroatoms. The van der Waals surface area contributed by atoms with Crippen LogP contribution in [-0.2, 0) is 0 Å². The molecule has 0 fully saturated rings. The maximum Gasteiger partial charge on any atom is 0.267 e. The molecule has 5 nitrogen and oxygen atoms in total. The van der Waals surface area contributed by atoms with E-state index in [2.05, 4.69) is 29.2 Å². The van der Waals surface area contributed by atoms with E-state index in [-0.39, 0.29) is 5.91 Å². The van der Waals surface area contributed by atoms with Gasteiger partial charge >= 0.3 is 0 Å². The van der Waals surface area contributed by atoms with Gasteiger partial charge < -0.3 is 5.32 Å². The monoisotopic (exact) mass is 300 g/mol. The van der Waals surface area contributed by atoms with Crippen molar-refractivity contribution in [3.63, 3.8) is 0 Å². The molecule has 1 aromatic carbocycles. The van der Waals surface area contributed by atoms with Crippen LogP contribution in [0, 0.1) is 6.92 Å². The number of rotatable bonds is 3. The molecule has 0 unspecified atom stereocenters. The molecule has 0 spiro atoms. The van der Waals surface area contributed by atoms with Crippen molar-refractivity contribution in [1.82, 2.24) is 14.8 Å². The highest BCUT2D eigenvalue weighted by Gasteiger charge is 2.10. The molecule has 108 valence electrons. The van der Waals surface area contributed by atoms with Crippen molar-refractivity contribution in [2.75, 3.05) is 5.32 Å². The summed E-state index contributed by atoms with van der Waals surface area (Å²) in [7, 11) is 0. The number of anilines is 1. The summed E-state index contributed by atoms with van der Waals surface area (Å²) in [5, 5.41) is 9.29. The van der Waals surface area contributed by atoms with Crippen molar-refractivity contribution in [2.24, 2.45) is 0 Å². The van der Waals surface area contributed by atoms with E-state index < -0.39 is 0 Å². The van der Waals surface area contributed by atoms with Gasteiger partial charge in [0.1, 0.15) is 4.88 Å². The maximum absolute atomic E-state index is 12.1. The number of hydrogen-bond acceptors (Lipinski definition) is 4. The Kier molecular flexibility index (Phi) is 3.47. The Morgan fingerprint density at radius 2 is 2.19 bits per heavy atom. The predicted octanol–water partition coefficient (Wildman–Crippen LogP) is 3.63. The van der Waals surface area contributed by atoms with Crippen LogP contribution in [0.15, 0.2) is 30.6 Å². The van der Waals surface area contributed by atoms with Gasteiger partial charge in [0.05, 0.1) is 16.7 Å². The number of thiazole rings is 1. The van der Waals surface area contributed by atoms with Crippen molar-refractivity contribution in [3.05, 3.63) is 40.5 Å². The quantitative estimate of drug-likeness (QED) is 0.803. The van der Waals surface area contributed by atoms with Gasteiger partial charge in [0.2, 0.25) is 0 Å². The van der Waals surface area contributed by atoms with E-state index in [1.807, 2.05) is 36.0 Å². The highest BCUT2D eigenvalue weighted by molar-refractivity contribution is 7.13. The average Bonchev–Trinajstić information content (AvgIpc) is 3.04. The van der Waals surface area contributed by atoms with Crippen molar-refractivity contribution < 1.29 is 4.79 Å². The predicted molar refractivity (Wildman–Crippen MR) is 84.9 cm³/mol. The van der Waals surface area contributed by atoms with Crippen LogP contribution in [0.25, 0.3) is 10.9 Å². The lowest BCUT2D eigenvalue weighted by Crippen LogP contribution is -2.09. The number of benzene rings is 1. The van der Waals surface area contributed by atoms with E-state index in [0.717, 1.165) is 21.6 Å². The molecular formula is C15H16N4OS. The average molecular weight is 300 g/mol. The lowest BCUT2D eigenvalue weighted by Gasteiger charge is -2.02. The fourth-order valence-corrected chi connectivity index (χ4v) is 2.72. The Morgan fingerprint density at radius 3 is 2.86 bits per heavy atom. The van der Waals surface area contributed by atoms with E-state index >= 15 is 0 Å². The molecule has 0 saturated heterocycles. The molecule has 0 radical (unpaired) electrons. The van der Waals surface area contributed by atoms with E-state index in [9.17, 15) is 4.79 Å². The standard InChI is InChI=1S/C15H16N4OS/c1-9(2)19-8-11-6-12(4-5-13(11)18-19)17-15(20)14-7-16-10(3)21-14/h4-9H,1-3H3,(H,17,20). The molecule has 1 amide bonds. The Balaban J connectivity index is 1.85. The minimum atomic E-state index is -0.129. The zero-order valence-corrected chi connectivity index (χ0v) is 12.9. The molecule has 3 aromatic rings. The number of aryl methyl sites for hydroxylation is 1. The van der Waals surface area contributed by atoms with Gasteiger partial charge in [-0.3, -0.25) is 9.48 Å². The Labute approximate surface area is 126 Å². The largest absolute Gasteiger partial charge is 0.321 e. The van der Waals surface area contributed by atoms with Gasteiger partial charge in [-0.15, -0.1) is 11.3 Å². The molecule has 1 N–H and O–H groups in total. The zero-order chi connectivity index (χ0) is 15.0. The summed E-state index contributed by atoms with van der Waals surface area (Å²) in [6.45, 7) is 6.05. The number of carbonyl (C=O) groups excluding carboxylic acids is 1. The summed E-state index contributed by atoms with van der Waals surface area (Å²) >= 11 is 1.39. The van der Waals surface area contributed by atoms with E-state index in [4.69, 9.17) is 0 Å². The highest BCUT2D eigenvalue weighted by Crippen LogP contribution is 2.21. The first-order valence-electron chi connectivity index (χ1n) is 6.75. The molecule has 0 atom stereocenters. The lowest BCUT2D eigenvalue weighted by molar-refractivity contribution is 0.103. The first kappa shape index (κ1) is 13.8.